The van der Waals surface area contributed by atoms with Crippen LogP contribution in [-0.2, 0) is 6.42 Å². The molecule has 10 heteroatoms. The summed E-state index contributed by atoms with van der Waals surface area (Å²) in [4.78, 5) is 29.2. The van der Waals surface area contributed by atoms with E-state index < -0.39 is 4.92 Å². The van der Waals surface area contributed by atoms with E-state index in [0.717, 1.165) is 27.8 Å². The smallest absolute Gasteiger partial charge is 0.296 e. The van der Waals surface area contributed by atoms with Gasteiger partial charge in [0.25, 0.3) is 11.2 Å². The van der Waals surface area contributed by atoms with E-state index in [1.165, 1.54) is 17.9 Å². The molecule has 0 N–H and O–H groups in total. The van der Waals surface area contributed by atoms with E-state index in [9.17, 15) is 14.9 Å². The number of nitro benzene ring substituents is 1. The fraction of sp³-hybridized carbons (Fsp3) is 0.240. The normalized spacial score (nSPS) is 11.5. The topological polar surface area (TPSA) is 105 Å². The van der Waals surface area contributed by atoms with Crippen molar-refractivity contribution in [1.29, 1.82) is 0 Å². The number of rotatable bonds is 7. The molecule has 0 fully saturated rings. The minimum atomic E-state index is -0.431. The van der Waals surface area contributed by atoms with Crippen molar-refractivity contribution in [2.24, 2.45) is 5.10 Å². The Bertz CT molecular complexity index is 1540. The van der Waals surface area contributed by atoms with Crippen LogP contribution in [0.4, 0.5) is 5.69 Å². The molecule has 0 spiro atoms. The molecule has 4 aromatic rings. The minimum Gasteiger partial charge on any atom is -0.496 e. The maximum Gasteiger partial charge on any atom is 0.296 e. The Labute approximate surface area is 210 Å². The molecule has 0 bridgehead atoms. The van der Waals surface area contributed by atoms with Crippen molar-refractivity contribution in [3.05, 3.63) is 90.2 Å². The third kappa shape index (κ3) is 4.61. The van der Waals surface area contributed by atoms with E-state index in [2.05, 4.69) is 26.0 Å². The first kappa shape index (κ1) is 24.3. The number of hydrogen-bond acceptors (Lipinski definition) is 6. The first-order chi connectivity index (χ1) is 16.7. The second-order valence-electron chi connectivity index (χ2n) is 8.07. The van der Waals surface area contributed by atoms with Gasteiger partial charge in [0, 0.05) is 27.8 Å². The van der Waals surface area contributed by atoms with Gasteiger partial charge in [-0.05, 0) is 56.7 Å². The van der Waals surface area contributed by atoms with Crippen molar-refractivity contribution in [3.8, 4) is 11.4 Å². The first-order valence-corrected chi connectivity index (χ1v) is 11.8. The van der Waals surface area contributed by atoms with Gasteiger partial charge in [-0.3, -0.25) is 14.9 Å². The minimum absolute atomic E-state index is 0.0691. The van der Waals surface area contributed by atoms with E-state index in [1.54, 1.807) is 29.0 Å². The fourth-order valence-electron chi connectivity index (χ4n) is 4.07. The lowest BCUT2D eigenvalue weighted by Crippen LogP contribution is -2.22. The van der Waals surface area contributed by atoms with Crippen LogP contribution in [0.25, 0.3) is 16.6 Å². The number of benzene rings is 2. The van der Waals surface area contributed by atoms with E-state index >= 15 is 0 Å². The quantitative estimate of drug-likeness (QED) is 0.180. The molecule has 0 saturated heterocycles. The second-order valence-corrected chi connectivity index (χ2v) is 8.99. The summed E-state index contributed by atoms with van der Waals surface area (Å²) in [6, 6.07) is 12.0. The van der Waals surface area contributed by atoms with Crippen molar-refractivity contribution in [1.82, 2.24) is 14.2 Å². The summed E-state index contributed by atoms with van der Waals surface area (Å²) in [5.41, 5.74) is 3.00. The molecule has 0 radical (unpaired) electrons. The Morgan fingerprint density at radius 3 is 2.66 bits per heavy atom. The molecule has 0 aliphatic carbocycles. The number of halogens is 1. The number of nitrogens with zero attached hydrogens (tertiary/aromatic N) is 5. The van der Waals surface area contributed by atoms with Gasteiger partial charge in [0.2, 0.25) is 0 Å². The van der Waals surface area contributed by atoms with Gasteiger partial charge in [0.05, 0.1) is 35.2 Å². The highest BCUT2D eigenvalue weighted by atomic mass is 79.9. The Hall–Kier alpha value is -3.79. The first-order valence-electron chi connectivity index (χ1n) is 11.0. The van der Waals surface area contributed by atoms with E-state index in [0.29, 0.717) is 34.6 Å². The third-order valence-electron chi connectivity index (χ3n) is 5.75. The van der Waals surface area contributed by atoms with Gasteiger partial charge >= 0.3 is 0 Å². The molecule has 2 aromatic heterocycles. The third-order valence-corrected chi connectivity index (χ3v) is 6.24. The van der Waals surface area contributed by atoms with Crippen LogP contribution < -0.4 is 10.3 Å². The molecule has 0 atom stereocenters. The summed E-state index contributed by atoms with van der Waals surface area (Å²) < 4.78 is 9.07. The number of hydrogen-bond donors (Lipinski definition) is 0. The molecule has 2 heterocycles. The lowest BCUT2D eigenvalue weighted by molar-refractivity contribution is -0.384. The summed E-state index contributed by atoms with van der Waals surface area (Å²) in [5.74, 6) is 0.978. The molecule has 9 nitrogen and oxygen atoms in total. The number of ether oxygens (including phenoxy) is 1. The van der Waals surface area contributed by atoms with Crippen LogP contribution in [0.3, 0.4) is 0 Å². The maximum absolute atomic E-state index is 13.3. The maximum atomic E-state index is 13.3. The Balaban J connectivity index is 1.83. The number of aryl methyl sites for hydroxylation is 2. The van der Waals surface area contributed by atoms with Crippen LogP contribution in [-0.4, -0.2) is 32.5 Å². The van der Waals surface area contributed by atoms with Gasteiger partial charge in [-0.15, -0.1) is 0 Å². The summed E-state index contributed by atoms with van der Waals surface area (Å²) >= 11 is 3.41. The van der Waals surface area contributed by atoms with Crippen LogP contribution in [0.2, 0.25) is 0 Å². The predicted octanol–water partition coefficient (Wildman–Crippen LogP) is 5.32. The predicted molar refractivity (Wildman–Crippen MR) is 139 cm³/mol. The summed E-state index contributed by atoms with van der Waals surface area (Å²) in [7, 11) is 1.47. The molecule has 35 heavy (non-hydrogen) atoms. The summed E-state index contributed by atoms with van der Waals surface area (Å²) in [5, 5.41) is 16.7. The van der Waals surface area contributed by atoms with Gasteiger partial charge in [0.1, 0.15) is 17.3 Å². The standard InChI is InChI=1S/C25H24BrN5O4/c1-5-6-24-28-21-9-7-18(26)12-20(21)25(32)30(24)27-14-17-11-15(2)29(16(17)3)22-10-8-19(35-4)13-23(22)31(33)34/h7-14H,5-6H2,1-4H3. The van der Waals surface area contributed by atoms with Crippen molar-refractivity contribution in [3.63, 3.8) is 0 Å². The van der Waals surface area contributed by atoms with Crippen molar-refractivity contribution in [2.75, 3.05) is 7.11 Å². The van der Waals surface area contributed by atoms with Gasteiger partial charge in [-0.1, -0.05) is 22.9 Å². The summed E-state index contributed by atoms with van der Waals surface area (Å²) in [6.07, 6.45) is 3.00. The average Bonchev–Trinajstić information content (AvgIpc) is 3.11. The van der Waals surface area contributed by atoms with E-state index in [1.807, 2.05) is 39.0 Å². The highest BCUT2D eigenvalue weighted by molar-refractivity contribution is 9.10. The largest absolute Gasteiger partial charge is 0.496 e. The number of fused-ring (bicyclic) bond motifs is 1. The highest BCUT2D eigenvalue weighted by Crippen LogP contribution is 2.31. The molecular weight excluding hydrogens is 514 g/mol. The number of methoxy groups -OCH3 is 1. The van der Waals surface area contributed by atoms with Crippen molar-refractivity contribution in [2.45, 2.75) is 33.6 Å². The van der Waals surface area contributed by atoms with Crippen molar-refractivity contribution < 1.29 is 9.66 Å². The molecular formula is C25H24BrN5O4. The van der Waals surface area contributed by atoms with Crippen LogP contribution in [0.15, 0.2) is 56.8 Å². The molecule has 0 unspecified atom stereocenters. The molecule has 2 aromatic carbocycles. The Morgan fingerprint density at radius 2 is 1.97 bits per heavy atom. The molecule has 0 aliphatic rings. The van der Waals surface area contributed by atoms with E-state index in [4.69, 9.17) is 4.74 Å². The zero-order chi connectivity index (χ0) is 25.3. The lowest BCUT2D eigenvalue weighted by Gasteiger charge is -2.11. The van der Waals surface area contributed by atoms with Gasteiger partial charge in [-0.25, -0.2) is 4.98 Å². The lowest BCUT2D eigenvalue weighted by atomic mass is 10.2. The van der Waals surface area contributed by atoms with Crippen LogP contribution in [0.5, 0.6) is 5.75 Å². The molecule has 4 rings (SSSR count). The Morgan fingerprint density at radius 1 is 1.20 bits per heavy atom. The average molecular weight is 538 g/mol. The SMILES string of the molecule is CCCc1nc2ccc(Br)cc2c(=O)n1N=Cc1cc(C)n(-c2ccc(OC)cc2[N+](=O)[O-])c1C. The van der Waals surface area contributed by atoms with E-state index in [-0.39, 0.29) is 11.2 Å². The number of nitro groups is 1. The molecule has 0 aliphatic heterocycles. The van der Waals surface area contributed by atoms with Crippen LogP contribution in [0, 0.1) is 24.0 Å². The van der Waals surface area contributed by atoms with Gasteiger partial charge in [-0.2, -0.15) is 9.78 Å². The van der Waals surface area contributed by atoms with Crippen LogP contribution in [0.1, 0.15) is 36.1 Å². The molecule has 0 saturated carbocycles. The van der Waals surface area contributed by atoms with Gasteiger partial charge < -0.3 is 9.30 Å². The molecule has 180 valence electrons. The highest BCUT2D eigenvalue weighted by Gasteiger charge is 2.20. The second kappa shape index (κ2) is 9.83. The monoisotopic (exact) mass is 537 g/mol. The van der Waals surface area contributed by atoms with Crippen LogP contribution >= 0.6 is 15.9 Å². The zero-order valence-electron chi connectivity index (χ0n) is 19.8. The molecule has 0 amide bonds. The fourth-order valence-corrected chi connectivity index (χ4v) is 4.43. The zero-order valence-corrected chi connectivity index (χ0v) is 21.4. The number of aromatic nitrogens is 3. The summed E-state index contributed by atoms with van der Waals surface area (Å²) in [6.45, 7) is 5.73. The van der Waals surface area contributed by atoms with Crippen molar-refractivity contribution >= 4 is 38.7 Å². The van der Waals surface area contributed by atoms with Gasteiger partial charge in [0.15, 0.2) is 0 Å². The Kier molecular flexibility index (Phi) is 6.83.